The summed E-state index contributed by atoms with van der Waals surface area (Å²) in [6.45, 7) is 4.13. The number of nitrogens with zero attached hydrogens (tertiary/aromatic N) is 4. The molecule has 6 aromatic rings. The van der Waals surface area contributed by atoms with Crippen LogP contribution in [0.25, 0.3) is 49.7 Å². The Morgan fingerprint density at radius 3 is 2.26 bits per heavy atom. The first-order valence-corrected chi connectivity index (χ1v) is 14.1. The van der Waals surface area contributed by atoms with Crippen LogP contribution in [0.2, 0.25) is 0 Å². The van der Waals surface area contributed by atoms with Gasteiger partial charge in [0.2, 0.25) is 0 Å². The Hall–Kier alpha value is -5.12. The highest BCUT2D eigenvalue weighted by atomic mass is 16.5. The number of aliphatic hydroxyl groups is 2. The van der Waals surface area contributed by atoms with Crippen molar-refractivity contribution in [2.45, 2.75) is 27.1 Å². The minimum absolute atomic E-state index is 0.270. The van der Waals surface area contributed by atoms with E-state index in [0.717, 1.165) is 16.3 Å². The highest BCUT2D eigenvalue weighted by Crippen LogP contribution is 2.41. The van der Waals surface area contributed by atoms with Gasteiger partial charge in [-0.1, -0.05) is 18.2 Å². The average molecular weight is 575 g/mol. The number of pyridine rings is 2. The van der Waals surface area contributed by atoms with Gasteiger partial charge in [0.05, 0.1) is 31.8 Å². The van der Waals surface area contributed by atoms with Crippen LogP contribution in [0, 0.1) is 0 Å². The maximum atomic E-state index is 13.8. The third-order valence-corrected chi connectivity index (χ3v) is 7.32. The monoisotopic (exact) mass is 574 g/mol. The van der Waals surface area contributed by atoms with Gasteiger partial charge in [-0.2, -0.15) is 9.78 Å². The summed E-state index contributed by atoms with van der Waals surface area (Å²) in [5.74, 6) is 1.47. The van der Waals surface area contributed by atoms with Crippen LogP contribution in [0.4, 0.5) is 0 Å². The first-order valence-electron chi connectivity index (χ1n) is 14.1. The zero-order chi connectivity index (χ0) is 29.9. The summed E-state index contributed by atoms with van der Waals surface area (Å²) in [6.07, 6.45) is 5.00. The zero-order valence-electron chi connectivity index (χ0n) is 23.8. The summed E-state index contributed by atoms with van der Waals surface area (Å²) in [7, 11) is 0. The van der Waals surface area contributed by atoms with Gasteiger partial charge >= 0.3 is 0 Å². The van der Waals surface area contributed by atoms with E-state index in [9.17, 15) is 15.0 Å². The van der Waals surface area contributed by atoms with Crippen molar-refractivity contribution < 1.29 is 19.7 Å². The third kappa shape index (κ3) is 5.09. The standard InChI is InChI=1S/C34H30N4O5/c1-3-42-29-15-23-14-24(19-39)28(20-40)32(27(23)17-30(29)43-4-2)21-11-13-36-31(16-21)38-34(41)26-10-6-5-9-25(26)33(37-38)22-8-7-12-35-18-22/h5-18,39-40H,3-4,19-20H2,1-2H3. The van der Waals surface area contributed by atoms with Gasteiger partial charge in [0.25, 0.3) is 5.56 Å². The van der Waals surface area contributed by atoms with E-state index >= 15 is 0 Å². The first-order chi connectivity index (χ1) is 21.1. The quantitative estimate of drug-likeness (QED) is 0.234. The second kappa shape index (κ2) is 12.0. The molecule has 9 heteroatoms. The lowest BCUT2D eigenvalue weighted by atomic mass is 9.90. The Kier molecular flexibility index (Phi) is 7.83. The lowest BCUT2D eigenvalue weighted by molar-refractivity contribution is 0.260. The molecule has 3 aromatic heterocycles. The summed E-state index contributed by atoms with van der Waals surface area (Å²) in [5, 5.41) is 28.3. The van der Waals surface area contributed by atoms with E-state index in [0.29, 0.717) is 69.3 Å². The molecular weight excluding hydrogens is 544 g/mol. The van der Waals surface area contributed by atoms with Gasteiger partial charge in [-0.05, 0) is 95.4 Å². The molecule has 0 spiro atoms. The Morgan fingerprint density at radius 2 is 1.56 bits per heavy atom. The summed E-state index contributed by atoms with van der Waals surface area (Å²) >= 11 is 0. The van der Waals surface area contributed by atoms with Crippen LogP contribution in [0.3, 0.4) is 0 Å². The molecule has 43 heavy (non-hydrogen) atoms. The van der Waals surface area contributed by atoms with Crippen molar-refractivity contribution >= 4 is 21.5 Å². The molecule has 0 unspecified atom stereocenters. The molecule has 6 rings (SSSR count). The number of aliphatic hydroxyl groups excluding tert-OH is 2. The van der Waals surface area contributed by atoms with Gasteiger partial charge in [-0.3, -0.25) is 9.78 Å². The van der Waals surface area contributed by atoms with Crippen molar-refractivity contribution in [1.29, 1.82) is 0 Å². The zero-order valence-corrected chi connectivity index (χ0v) is 23.8. The fraction of sp³-hybridized carbons (Fsp3) is 0.176. The lowest BCUT2D eigenvalue weighted by Crippen LogP contribution is -2.23. The van der Waals surface area contributed by atoms with Crippen molar-refractivity contribution in [1.82, 2.24) is 19.7 Å². The number of hydrogen-bond acceptors (Lipinski definition) is 8. The van der Waals surface area contributed by atoms with Crippen LogP contribution in [0.1, 0.15) is 25.0 Å². The molecule has 2 N–H and O–H groups in total. The van der Waals surface area contributed by atoms with E-state index in [4.69, 9.17) is 14.6 Å². The minimum Gasteiger partial charge on any atom is -0.490 e. The second-order valence-electron chi connectivity index (χ2n) is 9.85. The summed E-state index contributed by atoms with van der Waals surface area (Å²) < 4.78 is 13.1. The molecule has 3 heterocycles. The fourth-order valence-corrected chi connectivity index (χ4v) is 5.45. The molecule has 0 bridgehead atoms. The van der Waals surface area contributed by atoms with E-state index in [1.54, 1.807) is 30.7 Å². The molecule has 9 nitrogen and oxygen atoms in total. The number of ether oxygens (including phenoxy) is 2. The number of fused-ring (bicyclic) bond motifs is 2. The third-order valence-electron chi connectivity index (χ3n) is 7.32. The summed E-state index contributed by atoms with van der Waals surface area (Å²) in [4.78, 5) is 22.5. The van der Waals surface area contributed by atoms with E-state index in [-0.39, 0.29) is 18.8 Å². The molecule has 0 amide bonds. The Labute approximate surface area is 247 Å². The van der Waals surface area contributed by atoms with Crippen molar-refractivity contribution in [2.75, 3.05) is 13.2 Å². The predicted molar refractivity (Wildman–Crippen MR) is 165 cm³/mol. The molecule has 0 atom stereocenters. The molecular formula is C34H30N4O5. The van der Waals surface area contributed by atoms with Gasteiger partial charge in [0.1, 0.15) is 5.69 Å². The van der Waals surface area contributed by atoms with Gasteiger partial charge in [0.15, 0.2) is 17.3 Å². The van der Waals surface area contributed by atoms with E-state index in [1.165, 1.54) is 4.68 Å². The van der Waals surface area contributed by atoms with Crippen molar-refractivity contribution in [3.8, 4) is 39.7 Å². The Bertz CT molecular complexity index is 2010. The smallest absolute Gasteiger partial charge is 0.280 e. The molecule has 0 fully saturated rings. The molecule has 216 valence electrons. The van der Waals surface area contributed by atoms with Crippen LogP contribution < -0.4 is 15.0 Å². The lowest BCUT2D eigenvalue weighted by Gasteiger charge is -2.19. The second-order valence-corrected chi connectivity index (χ2v) is 9.85. The van der Waals surface area contributed by atoms with Crippen molar-refractivity contribution in [3.63, 3.8) is 0 Å². The van der Waals surface area contributed by atoms with Gasteiger partial charge < -0.3 is 19.7 Å². The molecule has 0 saturated carbocycles. The summed E-state index contributed by atoms with van der Waals surface area (Å²) in [6, 6.07) is 20.2. The van der Waals surface area contributed by atoms with Crippen LogP contribution in [0.15, 0.2) is 90.1 Å². The van der Waals surface area contributed by atoms with E-state index < -0.39 is 0 Å². The van der Waals surface area contributed by atoms with Gasteiger partial charge in [-0.25, -0.2) is 4.98 Å². The minimum atomic E-state index is -0.316. The summed E-state index contributed by atoms with van der Waals surface area (Å²) in [5.41, 5.74) is 3.57. The van der Waals surface area contributed by atoms with Crippen molar-refractivity contribution in [2.24, 2.45) is 0 Å². The number of hydrogen-bond donors (Lipinski definition) is 2. The van der Waals surface area contributed by atoms with Gasteiger partial charge in [0, 0.05) is 29.5 Å². The van der Waals surface area contributed by atoms with Crippen molar-refractivity contribution in [3.05, 3.63) is 107 Å². The Morgan fingerprint density at radius 1 is 0.791 bits per heavy atom. The highest BCUT2D eigenvalue weighted by Gasteiger charge is 2.20. The van der Waals surface area contributed by atoms with E-state index in [1.807, 2.05) is 68.4 Å². The molecule has 0 aliphatic carbocycles. The molecule has 0 aliphatic heterocycles. The SMILES string of the molecule is CCOc1cc2cc(CO)c(CO)c(-c3ccnc(-n4nc(-c5cccnc5)c5ccccc5c4=O)c3)c2cc1OCC. The number of rotatable bonds is 9. The molecule has 0 radical (unpaired) electrons. The number of aromatic nitrogens is 4. The molecule has 3 aromatic carbocycles. The van der Waals surface area contributed by atoms with E-state index in [2.05, 4.69) is 9.97 Å². The van der Waals surface area contributed by atoms with Crippen LogP contribution >= 0.6 is 0 Å². The maximum absolute atomic E-state index is 13.8. The normalized spacial score (nSPS) is 11.3. The van der Waals surface area contributed by atoms with Gasteiger partial charge in [-0.15, -0.1) is 0 Å². The maximum Gasteiger partial charge on any atom is 0.280 e. The largest absolute Gasteiger partial charge is 0.490 e. The number of benzene rings is 3. The van der Waals surface area contributed by atoms with Crippen LogP contribution in [-0.2, 0) is 13.2 Å². The van der Waals surface area contributed by atoms with Crippen LogP contribution in [-0.4, -0.2) is 43.2 Å². The highest BCUT2D eigenvalue weighted by molar-refractivity contribution is 6.01. The fourth-order valence-electron chi connectivity index (χ4n) is 5.45. The topological polar surface area (TPSA) is 120 Å². The Balaban J connectivity index is 1.62. The molecule has 0 saturated heterocycles. The average Bonchev–Trinajstić information content (AvgIpc) is 3.05. The first kappa shape index (κ1) is 28.0. The molecule has 0 aliphatic rings. The predicted octanol–water partition coefficient (Wildman–Crippen LogP) is 5.44. The van der Waals surface area contributed by atoms with Crippen LogP contribution in [0.5, 0.6) is 11.5 Å².